The molecule has 0 bridgehead atoms. The third kappa shape index (κ3) is 1.82. The van der Waals surface area contributed by atoms with E-state index in [0.29, 0.717) is 12.6 Å². The van der Waals surface area contributed by atoms with Crippen LogP contribution in [0.1, 0.15) is 12.5 Å². The van der Waals surface area contributed by atoms with E-state index >= 15 is 0 Å². The Morgan fingerprint density at radius 1 is 1.50 bits per heavy atom. The summed E-state index contributed by atoms with van der Waals surface area (Å²) >= 11 is 0. The molecule has 1 aliphatic heterocycles. The minimum absolute atomic E-state index is 0.397. The molecule has 3 heteroatoms. The summed E-state index contributed by atoms with van der Waals surface area (Å²) in [5, 5.41) is 3.37. The van der Waals surface area contributed by atoms with Crippen LogP contribution >= 0.6 is 0 Å². The SMILES string of the molecule is COc1ccc2c(c1)OCC(C)NC2. The Balaban J connectivity index is 2.27. The van der Waals surface area contributed by atoms with Gasteiger partial charge in [-0.15, -0.1) is 0 Å². The lowest BCUT2D eigenvalue weighted by atomic mass is 10.2. The third-order valence-electron chi connectivity index (χ3n) is 2.40. The van der Waals surface area contributed by atoms with E-state index in [4.69, 9.17) is 9.47 Å². The fourth-order valence-corrected chi connectivity index (χ4v) is 1.50. The molecule has 1 N–H and O–H groups in total. The van der Waals surface area contributed by atoms with Crippen molar-refractivity contribution in [1.82, 2.24) is 5.32 Å². The molecule has 1 aromatic rings. The van der Waals surface area contributed by atoms with Gasteiger partial charge in [0.2, 0.25) is 0 Å². The fourth-order valence-electron chi connectivity index (χ4n) is 1.50. The summed E-state index contributed by atoms with van der Waals surface area (Å²) in [5.41, 5.74) is 1.19. The van der Waals surface area contributed by atoms with Crippen molar-refractivity contribution in [3.05, 3.63) is 23.8 Å². The highest BCUT2D eigenvalue weighted by Crippen LogP contribution is 2.26. The van der Waals surface area contributed by atoms with Crippen LogP contribution in [0, 0.1) is 0 Å². The second kappa shape index (κ2) is 3.88. The molecule has 14 heavy (non-hydrogen) atoms. The highest BCUT2D eigenvalue weighted by Gasteiger charge is 2.13. The zero-order chi connectivity index (χ0) is 9.97. The normalized spacial score (nSPS) is 20.6. The molecular formula is C11H15NO2. The molecule has 2 rings (SSSR count). The van der Waals surface area contributed by atoms with Crippen LogP contribution in [0.15, 0.2) is 18.2 Å². The van der Waals surface area contributed by atoms with Crippen LogP contribution in [0.25, 0.3) is 0 Å². The molecule has 3 nitrogen and oxygen atoms in total. The van der Waals surface area contributed by atoms with Gasteiger partial charge in [-0.05, 0) is 13.0 Å². The van der Waals surface area contributed by atoms with Gasteiger partial charge in [-0.1, -0.05) is 6.07 Å². The van der Waals surface area contributed by atoms with Gasteiger partial charge in [0, 0.05) is 24.2 Å². The number of ether oxygens (including phenoxy) is 2. The van der Waals surface area contributed by atoms with Gasteiger partial charge in [0.1, 0.15) is 18.1 Å². The predicted molar refractivity (Wildman–Crippen MR) is 54.8 cm³/mol. The quantitative estimate of drug-likeness (QED) is 0.734. The molecule has 0 aliphatic carbocycles. The molecule has 1 heterocycles. The zero-order valence-corrected chi connectivity index (χ0v) is 8.54. The fraction of sp³-hybridized carbons (Fsp3) is 0.455. The molecule has 0 saturated heterocycles. The number of hydrogen-bond donors (Lipinski definition) is 1. The maximum Gasteiger partial charge on any atom is 0.127 e. The molecule has 0 radical (unpaired) electrons. The van der Waals surface area contributed by atoms with Gasteiger partial charge in [-0.2, -0.15) is 0 Å². The van der Waals surface area contributed by atoms with E-state index in [1.54, 1.807) is 7.11 Å². The lowest BCUT2D eigenvalue weighted by Gasteiger charge is -2.08. The topological polar surface area (TPSA) is 30.5 Å². The predicted octanol–water partition coefficient (Wildman–Crippen LogP) is 1.57. The largest absolute Gasteiger partial charge is 0.497 e. The summed E-state index contributed by atoms with van der Waals surface area (Å²) in [5.74, 6) is 1.78. The van der Waals surface area contributed by atoms with Crippen LogP contribution in [0.3, 0.4) is 0 Å². The van der Waals surface area contributed by atoms with Crippen molar-refractivity contribution in [2.75, 3.05) is 13.7 Å². The van der Waals surface area contributed by atoms with E-state index in [9.17, 15) is 0 Å². The summed E-state index contributed by atoms with van der Waals surface area (Å²) in [6.07, 6.45) is 0. The van der Waals surface area contributed by atoms with Crippen LogP contribution in [-0.4, -0.2) is 19.8 Å². The summed E-state index contributed by atoms with van der Waals surface area (Å²) in [4.78, 5) is 0. The molecule has 1 atom stereocenters. The lowest BCUT2D eigenvalue weighted by Crippen LogP contribution is -2.28. The van der Waals surface area contributed by atoms with Crippen LogP contribution < -0.4 is 14.8 Å². The maximum absolute atomic E-state index is 5.66. The Morgan fingerprint density at radius 2 is 2.36 bits per heavy atom. The lowest BCUT2D eigenvalue weighted by molar-refractivity contribution is 0.286. The summed E-state index contributed by atoms with van der Waals surface area (Å²) in [6.45, 7) is 3.68. The minimum atomic E-state index is 0.397. The summed E-state index contributed by atoms with van der Waals surface area (Å²) < 4.78 is 10.8. The first-order valence-corrected chi connectivity index (χ1v) is 4.82. The Kier molecular flexibility index (Phi) is 2.59. The van der Waals surface area contributed by atoms with Crippen molar-refractivity contribution >= 4 is 0 Å². The number of fused-ring (bicyclic) bond motifs is 1. The second-order valence-corrected chi connectivity index (χ2v) is 3.57. The van der Waals surface area contributed by atoms with Crippen molar-refractivity contribution in [1.29, 1.82) is 0 Å². The molecule has 0 spiro atoms. The first-order chi connectivity index (χ1) is 6.79. The maximum atomic E-state index is 5.66. The number of hydrogen-bond acceptors (Lipinski definition) is 3. The van der Waals surface area contributed by atoms with Crippen molar-refractivity contribution < 1.29 is 9.47 Å². The van der Waals surface area contributed by atoms with Gasteiger partial charge in [-0.3, -0.25) is 0 Å². The Morgan fingerprint density at radius 3 is 3.14 bits per heavy atom. The summed E-state index contributed by atoms with van der Waals surface area (Å²) in [7, 11) is 1.67. The average molecular weight is 193 g/mol. The van der Waals surface area contributed by atoms with Crippen molar-refractivity contribution in [2.24, 2.45) is 0 Å². The molecule has 1 aromatic carbocycles. The van der Waals surface area contributed by atoms with E-state index in [1.807, 2.05) is 18.2 Å². The first-order valence-electron chi connectivity index (χ1n) is 4.82. The molecule has 76 valence electrons. The first kappa shape index (κ1) is 9.34. The van der Waals surface area contributed by atoms with Gasteiger partial charge in [-0.25, -0.2) is 0 Å². The number of methoxy groups -OCH3 is 1. The average Bonchev–Trinajstić information content (AvgIpc) is 2.40. The van der Waals surface area contributed by atoms with Gasteiger partial charge in [0.15, 0.2) is 0 Å². The Labute approximate surface area is 84.0 Å². The van der Waals surface area contributed by atoms with E-state index in [2.05, 4.69) is 12.2 Å². The van der Waals surface area contributed by atoms with E-state index in [1.165, 1.54) is 5.56 Å². The highest BCUT2D eigenvalue weighted by molar-refractivity contribution is 5.41. The molecule has 1 unspecified atom stereocenters. The van der Waals surface area contributed by atoms with Crippen LogP contribution in [0.2, 0.25) is 0 Å². The minimum Gasteiger partial charge on any atom is -0.497 e. The highest BCUT2D eigenvalue weighted by atomic mass is 16.5. The molecule has 0 amide bonds. The van der Waals surface area contributed by atoms with Gasteiger partial charge < -0.3 is 14.8 Å². The van der Waals surface area contributed by atoms with Crippen LogP contribution in [-0.2, 0) is 6.54 Å². The molecular weight excluding hydrogens is 178 g/mol. The van der Waals surface area contributed by atoms with E-state index < -0.39 is 0 Å². The van der Waals surface area contributed by atoms with Gasteiger partial charge in [0.25, 0.3) is 0 Å². The van der Waals surface area contributed by atoms with Crippen LogP contribution in [0.4, 0.5) is 0 Å². The second-order valence-electron chi connectivity index (χ2n) is 3.57. The molecule has 1 aliphatic rings. The Bertz CT molecular complexity index is 325. The number of nitrogens with one attached hydrogen (secondary N) is 1. The van der Waals surface area contributed by atoms with Gasteiger partial charge >= 0.3 is 0 Å². The Hall–Kier alpha value is -1.22. The van der Waals surface area contributed by atoms with E-state index in [-0.39, 0.29) is 0 Å². The van der Waals surface area contributed by atoms with Gasteiger partial charge in [0.05, 0.1) is 7.11 Å². The molecule has 0 fully saturated rings. The zero-order valence-electron chi connectivity index (χ0n) is 8.54. The van der Waals surface area contributed by atoms with Crippen molar-refractivity contribution in [2.45, 2.75) is 19.5 Å². The molecule has 0 saturated carbocycles. The number of rotatable bonds is 1. The van der Waals surface area contributed by atoms with Crippen LogP contribution in [0.5, 0.6) is 11.5 Å². The smallest absolute Gasteiger partial charge is 0.127 e. The van der Waals surface area contributed by atoms with E-state index in [0.717, 1.165) is 18.0 Å². The summed E-state index contributed by atoms with van der Waals surface area (Å²) in [6, 6.07) is 6.34. The van der Waals surface area contributed by atoms with Crippen molar-refractivity contribution in [3.8, 4) is 11.5 Å². The standard InChI is InChI=1S/C11H15NO2/c1-8-7-14-11-5-10(13-2)4-3-9(11)6-12-8/h3-5,8,12H,6-7H2,1-2H3. The molecule has 0 aromatic heterocycles. The number of benzene rings is 1. The van der Waals surface area contributed by atoms with Crippen molar-refractivity contribution in [3.63, 3.8) is 0 Å². The third-order valence-corrected chi connectivity index (χ3v) is 2.40. The monoisotopic (exact) mass is 193 g/mol.